The smallest absolute Gasteiger partial charge is 0.246 e. The summed E-state index contributed by atoms with van der Waals surface area (Å²) in [7, 11) is 0. The van der Waals surface area contributed by atoms with E-state index in [1.54, 1.807) is 4.90 Å². The van der Waals surface area contributed by atoms with Crippen molar-refractivity contribution < 1.29 is 18.7 Å². The van der Waals surface area contributed by atoms with Gasteiger partial charge in [0, 0.05) is 37.2 Å². The summed E-state index contributed by atoms with van der Waals surface area (Å²) >= 11 is 0. The first-order chi connectivity index (χ1) is 16.9. The Morgan fingerprint density at radius 3 is 2.46 bits per heavy atom. The predicted molar refractivity (Wildman–Crippen MR) is 134 cm³/mol. The lowest BCUT2D eigenvalue weighted by atomic mass is 9.74. The van der Waals surface area contributed by atoms with E-state index in [1.807, 2.05) is 0 Å². The molecule has 2 aliphatic heterocycles. The van der Waals surface area contributed by atoms with Gasteiger partial charge in [0.05, 0.1) is 6.10 Å². The molecule has 2 saturated heterocycles. The van der Waals surface area contributed by atoms with E-state index in [1.165, 1.54) is 35.4 Å². The van der Waals surface area contributed by atoms with Crippen LogP contribution in [-0.4, -0.2) is 59.6 Å². The van der Waals surface area contributed by atoms with Gasteiger partial charge in [-0.1, -0.05) is 36.4 Å². The molecule has 1 aliphatic carbocycles. The number of carbonyl (C=O) groups is 1. The number of allylic oxidation sites excluding steroid dienone is 1. The molecule has 0 unspecified atom stereocenters. The number of β-amino-alcohol motifs (C(OH)–C–C–N with tert-alkyl or cyclic N) is 1. The maximum atomic E-state index is 13.3. The number of aliphatic hydroxyl groups excluding tert-OH is 1. The first-order valence-corrected chi connectivity index (χ1v) is 12.5. The van der Waals surface area contributed by atoms with Gasteiger partial charge >= 0.3 is 0 Å². The van der Waals surface area contributed by atoms with E-state index >= 15 is 0 Å². The van der Waals surface area contributed by atoms with Gasteiger partial charge in [0.1, 0.15) is 11.6 Å². The number of hydrogen-bond acceptors (Lipinski definition) is 3. The van der Waals surface area contributed by atoms with Crippen molar-refractivity contribution in [1.29, 1.82) is 0 Å². The van der Waals surface area contributed by atoms with E-state index in [4.69, 9.17) is 0 Å². The Morgan fingerprint density at radius 1 is 1.06 bits per heavy atom. The minimum Gasteiger partial charge on any atom is -0.392 e. The monoisotopic (exact) mass is 478 g/mol. The minimum atomic E-state index is -0.666. The molecule has 4 nitrogen and oxygen atoms in total. The highest BCUT2D eigenvalue weighted by molar-refractivity contribution is 5.91. The van der Waals surface area contributed by atoms with Gasteiger partial charge in [0.2, 0.25) is 5.91 Å². The summed E-state index contributed by atoms with van der Waals surface area (Å²) in [6.07, 6.45) is 10.7. The Morgan fingerprint density at radius 2 is 1.74 bits per heavy atom. The lowest BCUT2D eigenvalue weighted by Gasteiger charge is -2.41. The highest BCUT2D eigenvalue weighted by Gasteiger charge is 2.38. The van der Waals surface area contributed by atoms with E-state index < -0.39 is 17.7 Å². The molecular weight excluding hydrogens is 446 g/mol. The summed E-state index contributed by atoms with van der Waals surface area (Å²) in [5.74, 6) is -1.34. The molecule has 1 atom stereocenters. The molecule has 184 valence electrons. The van der Waals surface area contributed by atoms with E-state index in [-0.39, 0.29) is 17.2 Å². The summed E-state index contributed by atoms with van der Waals surface area (Å²) in [5.41, 5.74) is 3.24. The van der Waals surface area contributed by atoms with Crippen molar-refractivity contribution in [2.75, 3.05) is 32.7 Å². The third kappa shape index (κ3) is 5.24. The van der Waals surface area contributed by atoms with Crippen LogP contribution in [0, 0.1) is 17.6 Å². The number of rotatable bonds is 5. The molecule has 2 aromatic carbocycles. The SMILES string of the molecule is O=C(C=Cc1cc(F)cc(F)c1)N1CCC([C@H](O)CN2CCC3(C=Cc4ccccc43)CC2)CC1. The van der Waals surface area contributed by atoms with Crippen LogP contribution < -0.4 is 0 Å². The summed E-state index contributed by atoms with van der Waals surface area (Å²) in [6.45, 7) is 3.77. The third-order valence-electron chi connectivity index (χ3n) is 7.97. The number of halogens is 2. The number of fused-ring (bicyclic) bond motifs is 2. The van der Waals surface area contributed by atoms with Crippen LogP contribution in [0.15, 0.2) is 54.6 Å². The predicted octanol–water partition coefficient (Wildman–Crippen LogP) is 4.64. The van der Waals surface area contributed by atoms with Crippen LogP contribution in [0.1, 0.15) is 42.4 Å². The Balaban J connectivity index is 1.08. The summed E-state index contributed by atoms with van der Waals surface area (Å²) < 4.78 is 26.7. The number of benzene rings is 2. The van der Waals surface area contributed by atoms with Gasteiger partial charge in [0.25, 0.3) is 0 Å². The summed E-state index contributed by atoms with van der Waals surface area (Å²) in [4.78, 5) is 16.6. The molecular formula is C29H32F2N2O2. The second kappa shape index (κ2) is 10.0. The number of likely N-dealkylation sites (tertiary alicyclic amines) is 2. The molecule has 2 heterocycles. The van der Waals surface area contributed by atoms with E-state index in [0.29, 0.717) is 25.2 Å². The standard InChI is InChI=1S/C29H32F2N2O2/c30-24-17-21(18-25(31)19-24)5-6-28(35)33-13-8-23(9-14-33)27(34)20-32-15-11-29(12-16-32)10-7-22-3-1-2-4-26(22)29/h1-7,10,17-19,23,27,34H,8-9,11-16,20H2/t27-/m1/s1. The van der Waals surface area contributed by atoms with Gasteiger partial charge in [-0.2, -0.15) is 0 Å². The number of nitrogens with zero attached hydrogens (tertiary/aromatic N) is 2. The van der Waals surface area contributed by atoms with Crippen LogP contribution in [0.2, 0.25) is 0 Å². The Kier molecular flexibility index (Phi) is 6.85. The fourth-order valence-electron chi connectivity index (χ4n) is 5.87. The van der Waals surface area contributed by atoms with Crippen molar-refractivity contribution in [3.05, 3.63) is 82.9 Å². The molecule has 35 heavy (non-hydrogen) atoms. The highest BCUT2D eigenvalue weighted by atomic mass is 19.1. The van der Waals surface area contributed by atoms with Crippen LogP contribution >= 0.6 is 0 Å². The van der Waals surface area contributed by atoms with Gasteiger partial charge in [-0.3, -0.25) is 4.79 Å². The van der Waals surface area contributed by atoms with Crippen LogP contribution in [0.4, 0.5) is 8.78 Å². The van der Waals surface area contributed by atoms with Crippen molar-refractivity contribution in [3.63, 3.8) is 0 Å². The fourth-order valence-corrected chi connectivity index (χ4v) is 5.87. The molecule has 6 heteroatoms. The van der Waals surface area contributed by atoms with E-state index in [9.17, 15) is 18.7 Å². The zero-order chi connectivity index (χ0) is 24.4. The van der Waals surface area contributed by atoms with Crippen LogP contribution in [-0.2, 0) is 10.2 Å². The minimum absolute atomic E-state index is 0.147. The number of amides is 1. The Hall–Kier alpha value is -2.83. The molecule has 3 aliphatic rings. The average molecular weight is 479 g/mol. The topological polar surface area (TPSA) is 43.8 Å². The Labute approximate surface area is 205 Å². The molecule has 2 fully saturated rings. The normalized spacial score (nSPS) is 21.1. The van der Waals surface area contributed by atoms with Gasteiger partial charge < -0.3 is 14.9 Å². The first-order valence-electron chi connectivity index (χ1n) is 12.5. The van der Waals surface area contributed by atoms with Crippen molar-refractivity contribution in [3.8, 4) is 0 Å². The highest BCUT2D eigenvalue weighted by Crippen LogP contribution is 2.43. The van der Waals surface area contributed by atoms with Crippen molar-refractivity contribution in [2.45, 2.75) is 37.2 Å². The number of carbonyl (C=O) groups excluding carboxylic acids is 1. The first kappa shape index (κ1) is 23.9. The van der Waals surface area contributed by atoms with Crippen molar-refractivity contribution in [1.82, 2.24) is 9.80 Å². The summed E-state index contributed by atoms with van der Waals surface area (Å²) in [6, 6.07) is 11.8. The maximum Gasteiger partial charge on any atom is 0.246 e. The van der Waals surface area contributed by atoms with E-state index in [0.717, 1.165) is 44.8 Å². The molecule has 1 amide bonds. The number of piperidine rings is 2. The lowest BCUT2D eigenvalue weighted by molar-refractivity contribution is -0.128. The molecule has 1 spiro atoms. The summed E-state index contributed by atoms with van der Waals surface area (Å²) in [5, 5.41) is 10.9. The van der Waals surface area contributed by atoms with Crippen LogP contribution in [0.3, 0.4) is 0 Å². The number of hydrogen-bond donors (Lipinski definition) is 1. The fraction of sp³-hybridized carbons (Fsp3) is 0.414. The van der Waals surface area contributed by atoms with Gasteiger partial charge in [-0.25, -0.2) is 8.78 Å². The van der Waals surface area contributed by atoms with Gasteiger partial charge in [-0.05, 0) is 79.6 Å². The lowest BCUT2D eigenvalue weighted by Crippen LogP contribution is -2.47. The van der Waals surface area contributed by atoms with E-state index in [2.05, 4.69) is 41.3 Å². The second-order valence-electron chi connectivity index (χ2n) is 10.1. The molecule has 0 saturated carbocycles. The van der Waals surface area contributed by atoms with Gasteiger partial charge in [0.15, 0.2) is 0 Å². The molecule has 2 aromatic rings. The third-order valence-corrected chi connectivity index (χ3v) is 7.97. The zero-order valence-electron chi connectivity index (χ0n) is 19.9. The van der Waals surface area contributed by atoms with Crippen molar-refractivity contribution in [2.24, 2.45) is 5.92 Å². The van der Waals surface area contributed by atoms with Crippen LogP contribution in [0.25, 0.3) is 12.2 Å². The maximum absolute atomic E-state index is 13.3. The second-order valence-corrected chi connectivity index (χ2v) is 10.1. The Bertz CT molecular complexity index is 1110. The zero-order valence-corrected chi connectivity index (χ0v) is 19.9. The number of aliphatic hydroxyl groups is 1. The van der Waals surface area contributed by atoms with Crippen molar-refractivity contribution >= 4 is 18.1 Å². The molecule has 0 bridgehead atoms. The van der Waals surface area contributed by atoms with Crippen LogP contribution in [0.5, 0.6) is 0 Å². The quantitative estimate of drug-likeness (QED) is 0.637. The average Bonchev–Trinajstić information content (AvgIpc) is 3.22. The molecule has 5 rings (SSSR count). The largest absolute Gasteiger partial charge is 0.392 e. The molecule has 1 N–H and O–H groups in total. The molecule has 0 radical (unpaired) electrons. The molecule has 0 aromatic heterocycles. The van der Waals surface area contributed by atoms with Gasteiger partial charge in [-0.15, -0.1) is 0 Å².